The Morgan fingerprint density at radius 3 is 2.48 bits per heavy atom. The fraction of sp³-hybridized carbons (Fsp3) is 0.882. The van der Waals surface area contributed by atoms with Crippen LogP contribution in [-0.4, -0.2) is 35.8 Å². The first-order chi connectivity index (χ1) is 9.93. The zero-order chi connectivity index (χ0) is 15.5. The van der Waals surface area contributed by atoms with Gasteiger partial charge in [0, 0.05) is 19.5 Å². The lowest BCUT2D eigenvalue weighted by Crippen LogP contribution is -2.51. The maximum Gasteiger partial charge on any atom is 0.245 e. The number of carbonyl (C=O) groups is 2. The molecule has 2 fully saturated rings. The summed E-state index contributed by atoms with van der Waals surface area (Å²) in [7, 11) is 0. The Labute approximate surface area is 128 Å². The van der Waals surface area contributed by atoms with Gasteiger partial charge in [-0.25, -0.2) is 0 Å². The van der Waals surface area contributed by atoms with Crippen molar-refractivity contribution in [2.75, 3.05) is 13.1 Å². The Hall–Kier alpha value is -1.06. The van der Waals surface area contributed by atoms with Gasteiger partial charge in [-0.05, 0) is 30.6 Å². The second-order valence-corrected chi connectivity index (χ2v) is 7.47. The van der Waals surface area contributed by atoms with Crippen LogP contribution in [0.2, 0.25) is 0 Å². The second-order valence-electron chi connectivity index (χ2n) is 7.47. The summed E-state index contributed by atoms with van der Waals surface area (Å²) in [5.41, 5.74) is 0.111. The molecule has 0 spiro atoms. The Morgan fingerprint density at radius 2 is 1.86 bits per heavy atom. The smallest absolute Gasteiger partial charge is 0.245 e. The van der Waals surface area contributed by atoms with Crippen molar-refractivity contribution in [1.29, 1.82) is 0 Å². The summed E-state index contributed by atoms with van der Waals surface area (Å²) in [6.45, 7) is 7.86. The molecule has 1 N–H and O–H groups in total. The summed E-state index contributed by atoms with van der Waals surface area (Å²) >= 11 is 0. The van der Waals surface area contributed by atoms with Gasteiger partial charge in [0.15, 0.2) is 0 Å². The average molecular weight is 294 g/mol. The van der Waals surface area contributed by atoms with Gasteiger partial charge in [-0.15, -0.1) is 0 Å². The molecule has 0 aromatic rings. The highest BCUT2D eigenvalue weighted by atomic mass is 16.2. The SMILES string of the molecule is CCC(C)(C)CN1CCC(=O)NC(C2CCCCC2)C1=O. The van der Waals surface area contributed by atoms with E-state index in [9.17, 15) is 9.59 Å². The Morgan fingerprint density at radius 1 is 1.19 bits per heavy atom. The number of nitrogens with zero attached hydrogens (tertiary/aromatic N) is 1. The van der Waals surface area contributed by atoms with Crippen LogP contribution in [-0.2, 0) is 9.59 Å². The minimum absolute atomic E-state index is 0.0377. The van der Waals surface area contributed by atoms with Gasteiger partial charge in [-0.2, -0.15) is 0 Å². The third-order valence-electron chi connectivity index (χ3n) is 5.20. The van der Waals surface area contributed by atoms with E-state index in [2.05, 4.69) is 26.1 Å². The number of amides is 2. The summed E-state index contributed by atoms with van der Waals surface area (Å²) in [6.07, 6.45) is 7.25. The second kappa shape index (κ2) is 6.80. The molecule has 0 aromatic heterocycles. The standard InChI is InChI=1S/C17H30N2O2/c1-4-17(2,3)12-19-11-10-14(20)18-15(16(19)21)13-8-6-5-7-9-13/h13,15H,4-12H2,1-3H3,(H,18,20). The highest BCUT2D eigenvalue weighted by Crippen LogP contribution is 2.29. The summed E-state index contributed by atoms with van der Waals surface area (Å²) in [6, 6.07) is -0.284. The average Bonchev–Trinajstić information content (AvgIpc) is 2.61. The van der Waals surface area contributed by atoms with E-state index in [0.29, 0.717) is 18.9 Å². The molecule has 4 nitrogen and oxygen atoms in total. The molecule has 2 amide bonds. The van der Waals surface area contributed by atoms with Crippen molar-refractivity contribution in [2.45, 2.75) is 71.8 Å². The van der Waals surface area contributed by atoms with Crippen LogP contribution in [0.15, 0.2) is 0 Å². The first-order valence-electron chi connectivity index (χ1n) is 8.51. The van der Waals surface area contributed by atoms with Crippen molar-refractivity contribution in [3.05, 3.63) is 0 Å². The van der Waals surface area contributed by atoms with Crippen molar-refractivity contribution >= 4 is 11.8 Å². The van der Waals surface area contributed by atoms with Crippen molar-refractivity contribution in [3.8, 4) is 0 Å². The molecule has 1 aliphatic carbocycles. The molecule has 2 aliphatic rings. The van der Waals surface area contributed by atoms with Crippen molar-refractivity contribution in [2.24, 2.45) is 11.3 Å². The highest BCUT2D eigenvalue weighted by molar-refractivity contribution is 5.90. The fourth-order valence-electron chi connectivity index (χ4n) is 3.42. The van der Waals surface area contributed by atoms with E-state index in [0.717, 1.165) is 25.8 Å². The molecular weight excluding hydrogens is 264 g/mol. The normalized spacial score (nSPS) is 25.7. The summed E-state index contributed by atoms with van der Waals surface area (Å²) in [5.74, 6) is 0.519. The zero-order valence-electron chi connectivity index (χ0n) is 13.8. The Bertz CT molecular complexity index is 386. The first kappa shape index (κ1) is 16.3. The third-order valence-corrected chi connectivity index (χ3v) is 5.20. The van der Waals surface area contributed by atoms with Crippen LogP contribution in [0.5, 0.6) is 0 Å². The molecule has 1 heterocycles. The monoisotopic (exact) mass is 294 g/mol. The lowest BCUT2D eigenvalue weighted by molar-refractivity contribution is -0.136. The molecule has 21 heavy (non-hydrogen) atoms. The van der Waals surface area contributed by atoms with Crippen LogP contribution >= 0.6 is 0 Å². The molecule has 0 bridgehead atoms. The minimum atomic E-state index is -0.284. The number of carbonyl (C=O) groups excluding carboxylic acids is 2. The number of hydrogen-bond donors (Lipinski definition) is 1. The lowest BCUT2D eigenvalue weighted by Gasteiger charge is -2.35. The number of hydrogen-bond acceptors (Lipinski definition) is 2. The van der Waals surface area contributed by atoms with Gasteiger partial charge >= 0.3 is 0 Å². The largest absolute Gasteiger partial charge is 0.344 e. The van der Waals surface area contributed by atoms with Crippen LogP contribution in [0.25, 0.3) is 0 Å². The van der Waals surface area contributed by atoms with Gasteiger partial charge in [0.1, 0.15) is 6.04 Å². The van der Waals surface area contributed by atoms with Gasteiger partial charge < -0.3 is 10.2 Å². The maximum absolute atomic E-state index is 12.9. The van der Waals surface area contributed by atoms with E-state index in [1.165, 1.54) is 19.3 Å². The van der Waals surface area contributed by atoms with Crippen LogP contribution < -0.4 is 5.32 Å². The number of rotatable bonds is 4. The topological polar surface area (TPSA) is 49.4 Å². The summed E-state index contributed by atoms with van der Waals surface area (Å²) in [4.78, 5) is 26.8. The van der Waals surface area contributed by atoms with Crippen molar-refractivity contribution < 1.29 is 9.59 Å². The molecule has 1 saturated carbocycles. The Kier molecular flexibility index (Phi) is 5.28. The summed E-state index contributed by atoms with van der Waals surface area (Å²) < 4.78 is 0. The minimum Gasteiger partial charge on any atom is -0.344 e. The van der Waals surface area contributed by atoms with Crippen LogP contribution in [0.4, 0.5) is 0 Å². The van der Waals surface area contributed by atoms with E-state index in [4.69, 9.17) is 0 Å². The maximum atomic E-state index is 12.9. The van der Waals surface area contributed by atoms with Crippen molar-refractivity contribution in [1.82, 2.24) is 10.2 Å². The van der Waals surface area contributed by atoms with Crippen LogP contribution in [0.1, 0.15) is 65.7 Å². The first-order valence-corrected chi connectivity index (χ1v) is 8.51. The van der Waals surface area contributed by atoms with E-state index >= 15 is 0 Å². The van der Waals surface area contributed by atoms with Gasteiger partial charge in [0.25, 0.3) is 0 Å². The van der Waals surface area contributed by atoms with E-state index < -0.39 is 0 Å². The fourth-order valence-corrected chi connectivity index (χ4v) is 3.42. The van der Waals surface area contributed by atoms with Gasteiger partial charge in [-0.1, -0.05) is 40.0 Å². The molecule has 1 saturated heterocycles. The molecule has 1 atom stereocenters. The van der Waals surface area contributed by atoms with E-state index in [1.807, 2.05) is 4.90 Å². The van der Waals surface area contributed by atoms with Gasteiger partial charge in [-0.3, -0.25) is 9.59 Å². The number of nitrogens with one attached hydrogen (secondary N) is 1. The zero-order valence-corrected chi connectivity index (χ0v) is 13.8. The van der Waals surface area contributed by atoms with E-state index in [-0.39, 0.29) is 23.3 Å². The molecule has 0 aromatic carbocycles. The van der Waals surface area contributed by atoms with Gasteiger partial charge in [0.2, 0.25) is 11.8 Å². The highest BCUT2D eigenvalue weighted by Gasteiger charge is 2.37. The molecule has 1 aliphatic heterocycles. The molecule has 0 radical (unpaired) electrons. The predicted octanol–water partition coefficient (Wildman–Crippen LogP) is 2.72. The predicted molar refractivity (Wildman–Crippen MR) is 83.8 cm³/mol. The molecular formula is C17H30N2O2. The summed E-state index contributed by atoms with van der Waals surface area (Å²) in [5, 5.41) is 3.00. The molecule has 1 unspecified atom stereocenters. The molecule has 4 heteroatoms. The quantitative estimate of drug-likeness (QED) is 0.866. The van der Waals surface area contributed by atoms with Gasteiger partial charge in [0.05, 0.1) is 0 Å². The van der Waals surface area contributed by atoms with E-state index in [1.54, 1.807) is 0 Å². The molecule has 120 valence electrons. The third kappa shape index (κ3) is 4.21. The molecule has 2 rings (SSSR count). The van der Waals surface area contributed by atoms with Crippen LogP contribution in [0, 0.1) is 11.3 Å². The Balaban J connectivity index is 2.11. The van der Waals surface area contributed by atoms with Crippen LogP contribution in [0.3, 0.4) is 0 Å². The lowest BCUT2D eigenvalue weighted by atomic mass is 9.83. The van der Waals surface area contributed by atoms with Crippen molar-refractivity contribution in [3.63, 3.8) is 0 Å².